The second-order valence-electron chi connectivity index (χ2n) is 4.87. The van der Waals surface area contributed by atoms with E-state index in [0.29, 0.717) is 28.8 Å². The zero-order chi connectivity index (χ0) is 15.7. The molecule has 0 spiro atoms. The molecule has 22 heavy (non-hydrogen) atoms. The fourth-order valence-corrected chi connectivity index (χ4v) is 3.71. The number of nitrogens with zero attached hydrogens (tertiary/aromatic N) is 1. The van der Waals surface area contributed by atoms with Gasteiger partial charge in [0, 0.05) is 5.69 Å². The van der Waals surface area contributed by atoms with Gasteiger partial charge in [-0.2, -0.15) is 5.26 Å². The molecule has 0 heterocycles. The molecule has 1 aliphatic carbocycles. The van der Waals surface area contributed by atoms with Crippen LogP contribution in [0.25, 0.3) is 4.91 Å². The van der Waals surface area contributed by atoms with Gasteiger partial charge in [-0.3, -0.25) is 4.72 Å². The van der Waals surface area contributed by atoms with Crippen LogP contribution in [0.5, 0.6) is 0 Å². The van der Waals surface area contributed by atoms with E-state index in [1.165, 1.54) is 42.5 Å². The largest absolute Gasteiger partial charge is 0.280 e. The number of benzene rings is 2. The van der Waals surface area contributed by atoms with Crippen LogP contribution in [0.4, 0.5) is 10.1 Å². The van der Waals surface area contributed by atoms with Gasteiger partial charge in [-0.25, -0.2) is 12.8 Å². The molecular weight excluding hydrogens is 303 g/mol. The maximum atomic E-state index is 13.2. The summed E-state index contributed by atoms with van der Waals surface area (Å²) in [6.07, 6.45) is 1.95. The normalized spacial score (nSPS) is 13.2. The van der Waals surface area contributed by atoms with Crippen molar-refractivity contribution in [3.63, 3.8) is 0 Å². The molecule has 6 heteroatoms. The molecule has 0 fully saturated rings. The van der Waals surface area contributed by atoms with E-state index < -0.39 is 10.0 Å². The summed E-state index contributed by atoms with van der Waals surface area (Å²) in [7, 11) is -3.75. The Morgan fingerprint density at radius 3 is 2.55 bits per heavy atom. The standard InChI is InChI=1S/C16H11FN2O2S/c17-13-4-7-15-12(9-13)3-8-16(15)22(20,21)19-14-5-1-11(10-18)2-6-14/h1-2,4-9,19H,3H2. The summed E-state index contributed by atoms with van der Waals surface area (Å²) in [4.78, 5) is 0.145. The van der Waals surface area contributed by atoms with E-state index in [4.69, 9.17) is 5.26 Å². The number of halogens is 1. The number of rotatable bonds is 3. The molecule has 110 valence electrons. The number of nitrogens with one attached hydrogen (secondary N) is 1. The minimum atomic E-state index is -3.75. The SMILES string of the molecule is N#Cc1ccc(NS(=O)(=O)C2=CCc3cc(F)ccc32)cc1. The highest BCUT2D eigenvalue weighted by molar-refractivity contribution is 8.01. The van der Waals surface area contributed by atoms with Crippen molar-refractivity contribution >= 4 is 20.6 Å². The molecule has 0 saturated heterocycles. The maximum Gasteiger partial charge on any atom is 0.262 e. The average molecular weight is 314 g/mol. The van der Waals surface area contributed by atoms with E-state index in [9.17, 15) is 12.8 Å². The van der Waals surface area contributed by atoms with E-state index in [2.05, 4.69) is 4.72 Å². The van der Waals surface area contributed by atoms with Crippen LogP contribution >= 0.6 is 0 Å². The summed E-state index contributed by atoms with van der Waals surface area (Å²) in [6, 6.07) is 12.1. The maximum absolute atomic E-state index is 13.2. The lowest BCUT2D eigenvalue weighted by molar-refractivity contribution is 0.610. The van der Waals surface area contributed by atoms with Crippen molar-refractivity contribution in [2.45, 2.75) is 6.42 Å². The summed E-state index contributed by atoms with van der Waals surface area (Å²) in [5.74, 6) is -0.383. The molecule has 0 aromatic heterocycles. The second-order valence-corrected chi connectivity index (χ2v) is 6.52. The molecule has 1 N–H and O–H groups in total. The molecule has 1 aliphatic rings. The molecular formula is C16H11FN2O2S. The van der Waals surface area contributed by atoms with Crippen molar-refractivity contribution in [1.29, 1.82) is 5.26 Å². The average Bonchev–Trinajstić information content (AvgIpc) is 2.91. The molecule has 3 rings (SSSR count). The van der Waals surface area contributed by atoms with E-state index in [1.807, 2.05) is 6.07 Å². The summed E-state index contributed by atoms with van der Waals surface area (Å²) in [5.41, 5.74) is 1.99. The Hall–Kier alpha value is -2.65. The van der Waals surface area contributed by atoms with Crippen molar-refractivity contribution in [1.82, 2.24) is 0 Å². The van der Waals surface area contributed by atoms with Gasteiger partial charge < -0.3 is 0 Å². The van der Waals surface area contributed by atoms with Crippen molar-refractivity contribution in [2.24, 2.45) is 0 Å². The number of nitriles is 1. The molecule has 0 aliphatic heterocycles. The first-order valence-corrected chi connectivity index (χ1v) is 8.00. The topological polar surface area (TPSA) is 70.0 Å². The van der Waals surface area contributed by atoms with Crippen molar-refractivity contribution in [3.8, 4) is 6.07 Å². The predicted octanol–water partition coefficient (Wildman–Crippen LogP) is 3.04. The second kappa shape index (κ2) is 5.28. The van der Waals surface area contributed by atoms with Gasteiger partial charge in [-0.15, -0.1) is 0 Å². The van der Waals surface area contributed by atoms with E-state index in [1.54, 1.807) is 6.08 Å². The van der Waals surface area contributed by atoms with Gasteiger partial charge in [0.1, 0.15) is 5.82 Å². The van der Waals surface area contributed by atoms with Gasteiger partial charge in [0.2, 0.25) is 0 Å². The van der Waals surface area contributed by atoms with Crippen LogP contribution in [-0.2, 0) is 16.4 Å². The Bertz CT molecular complexity index is 910. The van der Waals surface area contributed by atoms with E-state index in [-0.39, 0.29) is 10.7 Å². The van der Waals surface area contributed by atoms with Gasteiger partial charge in [0.15, 0.2) is 0 Å². The van der Waals surface area contributed by atoms with Gasteiger partial charge in [0.05, 0.1) is 16.5 Å². The highest BCUT2D eigenvalue weighted by Gasteiger charge is 2.25. The Kier molecular flexibility index (Phi) is 3.43. The van der Waals surface area contributed by atoms with Gasteiger partial charge in [0.25, 0.3) is 10.0 Å². The van der Waals surface area contributed by atoms with Crippen molar-refractivity contribution in [3.05, 3.63) is 71.0 Å². The van der Waals surface area contributed by atoms with Crippen LogP contribution in [-0.4, -0.2) is 8.42 Å². The third kappa shape index (κ3) is 2.59. The third-order valence-electron chi connectivity index (χ3n) is 3.40. The zero-order valence-electron chi connectivity index (χ0n) is 11.4. The first kappa shape index (κ1) is 14.3. The lowest BCUT2D eigenvalue weighted by Gasteiger charge is -2.10. The molecule has 0 atom stereocenters. The first-order chi connectivity index (χ1) is 10.5. The van der Waals surface area contributed by atoms with Crippen LogP contribution < -0.4 is 4.72 Å². The Balaban J connectivity index is 1.90. The summed E-state index contributed by atoms with van der Waals surface area (Å²) in [6.45, 7) is 0. The van der Waals surface area contributed by atoms with Crippen LogP contribution in [0.1, 0.15) is 16.7 Å². The lowest BCUT2D eigenvalue weighted by Crippen LogP contribution is -2.13. The molecule has 4 nitrogen and oxygen atoms in total. The van der Waals surface area contributed by atoms with E-state index >= 15 is 0 Å². The fraction of sp³-hybridized carbons (Fsp3) is 0.0625. The molecule has 0 unspecified atom stereocenters. The molecule has 0 amide bonds. The number of allylic oxidation sites excluding steroid dienone is 1. The zero-order valence-corrected chi connectivity index (χ0v) is 12.2. The number of fused-ring (bicyclic) bond motifs is 1. The minimum absolute atomic E-state index is 0.145. The summed E-state index contributed by atoms with van der Waals surface area (Å²) < 4.78 is 40.6. The number of anilines is 1. The predicted molar refractivity (Wildman–Crippen MR) is 81.8 cm³/mol. The van der Waals surface area contributed by atoms with Gasteiger partial charge in [-0.05, 0) is 53.9 Å². The highest BCUT2D eigenvalue weighted by atomic mass is 32.2. The number of hydrogen-bond acceptors (Lipinski definition) is 3. The van der Waals surface area contributed by atoms with Crippen LogP contribution in [0, 0.1) is 17.1 Å². The van der Waals surface area contributed by atoms with Gasteiger partial charge in [-0.1, -0.05) is 12.1 Å². The molecule has 2 aromatic carbocycles. The van der Waals surface area contributed by atoms with Crippen molar-refractivity contribution in [2.75, 3.05) is 4.72 Å². The molecule has 0 bridgehead atoms. The third-order valence-corrected chi connectivity index (χ3v) is 4.87. The summed E-state index contributed by atoms with van der Waals surface area (Å²) >= 11 is 0. The molecule has 0 saturated carbocycles. The Morgan fingerprint density at radius 2 is 1.86 bits per heavy atom. The molecule has 0 radical (unpaired) electrons. The minimum Gasteiger partial charge on any atom is -0.280 e. The summed E-state index contributed by atoms with van der Waals surface area (Å²) in [5, 5.41) is 8.74. The quantitative estimate of drug-likeness (QED) is 0.946. The number of sulfonamides is 1. The van der Waals surface area contributed by atoms with Crippen LogP contribution in [0.15, 0.2) is 48.5 Å². The Morgan fingerprint density at radius 1 is 1.14 bits per heavy atom. The smallest absolute Gasteiger partial charge is 0.262 e. The van der Waals surface area contributed by atoms with Crippen LogP contribution in [0.2, 0.25) is 0 Å². The lowest BCUT2D eigenvalue weighted by atomic mass is 10.1. The monoisotopic (exact) mass is 314 g/mol. The fourth-order valence-electron chi connectivity index (χ4n) is 2.36. The first-order valence-electron chi connectivity index (χ1n) is 6.51. The van der Waals surface area contributed by atoms with Crippen molar-refractivity contribution < 1.29 is 12.8 Å². The van der Waals surface area contributed by atoms with E-state index in [0.717, 1.165) is 0 Å². The highest BCUT2D eigenvalue weighted by Crippen LogP contribution is 2.32. The number of hydrogen-bond donors (Lipinski definition) is 1. The van der Waals surface area contributed by atoms with Crippen LogP contribution in [0.3, 0.4) is 0 Å². The Labute approximate surface area is 127 Å². The van der Waals surface area contributed by atoms with Gasteiger partial charge >= 0.3 is 0 Å². The molecule has 2 aromatic rings.